The number of nitrogens with zero attached hydrogens (tertiary/aromatic N) is 7. The van der Waals surface area contributed by atoms with Gasteiger partial charge in [0.2, 0.25) is 0 Å². The van der Waals surface area contributed by atoms with Crippen molar-refractivity contribution in [3.63, 3.8) is 0 Å². The van der Waals surface area contributed by atoms with Gasteiger partial charge in [0.1, 0.15) is 28.6 Å². The number of aryl methyl sites for hydroxylation is 1. The monoisotopic (exact) mass is 485 g/mol. The second-order valence-corrected chi connectivity index (χ2v) is 9.51. The van der Waals surface area contributed by atoms with E-state index in [4.69, 9.17) is 21.3 Å². The van der Waals surface area contributed by atoms with E-state index in [2.05, 4.69) is 15.2 Å². The van der Waals surface area contributed by atoms with Crippen LogP contribution in [0.4, 0.5) is 10.6 Å². The molecule has 0 spiro atoms. The Labute approximate surface area is 203 Å². The number of aliphatic hydroxyl groups is 1. The molecule has 1 unspecified atom stereocenters. The van der Waals surface area contributed by atoms with Crippen LogP contribution in [-0.4, -0.2) is 53.5 Å². The smallest absolute Gasteiger partial charge is 0.410 e. The minimum Gasteiger partial charge on any atom is -0.444 e. The molecule has 11 heteroatoms. The largest absolute Gasteiger partial charge is 0.444 e. The van der Waals surface area contributed by atoms with Crippen molar-refractivity contribution in [2.24, 2.45) is 0 Å². The standard InChI is InChI=1S/C23H28ClN7O3/c1-6-30-13-25-28-20(30)16-8-7-9-19(27-16)31-11-15-14(21(31)32)10-18(24)26-17(15)12-29(5)22(33)34-23(2,3)4/h7-10,13,21,32H,6,11-12H2,1-5H3. The zero-order valence-electron chi connectivity index (χ0n) is 19.9. The lowest BCUT2D eigenvalue weighted by Crippen LogP contribution is -2.34. The van der Waals surface area contributed by atoms with Gasteiger partial charge in [-0.1, -0.05) is 17.7 Å². The third-order valence-electron chi connectivity index (χ3n) is 5.42. The Kier molecular flexibility index (Phi) is 6.46. The van der Waals surface area contributed by atoms with E-state index >= 15 is 0 Å². The third kappa shape index (κ3) is 4.83. The number of ether oxygens (including phenoxy) is 1. The average molecular weight is 486 g/mol. The molecule has 0 bridgehead atoms. The van der Waals surface area contributed by atoms with Gasteiger partial charge in [0.25, 0.3) is 0 Å². The van der Waals surface area contributed by atoms with Crippen molar-refractivity contribution < 1.29 is 14.6 Å². The second kappa shape index (κ2) is 9.19. The number of aromatic nitrogens is 5. The number of fused-ring (bicyclic) bond motifs is 1. The van der Waals surface area contributed by atoms with Gasteiger partial charge in [0.15, 0.2) is 12.1 Å². The lowest BCUT2D eigenvalue weighted by atomic mass is 10.1. The number of rotatable bonds is 5. The quantitative estimate of drug-likeness (QED) is 0.543. The number of anilines is 1. The minimum atomic E-state index is -0.965. The van der Waals surface area contributed by atoms with Crippen LogP contribution in [0.25, 0.3) is 11.5 Å². The summed E-state index contributed by atoms with van der Waals surface area (Å²) in [6, 6.07) is 7.20. The summed E-state index contributed by atoms with van der Waals surface area (Å²) in [5, 5.41) is 19.5. The molecule has 0 fully saturated rings. The Morgan fingerprint density at radius 3 is 2.79 bits per heavy atom. The van der Waals surface area contributed by atoms with Crippen LogP contribution < -0.4 is 4.90 Å². The fourth-order valence-corrected chi connectivity index (χ4v) is 4.03. The number of amides is 1. The van der Waals surface area contributed by atoms with Gasteiger partial charge in [0, 0.05) is 31.3 Å². The summed E-state index contributed by atoms with van der Waals surface area (Å²) in [4.78, 5) is 24.8. The lowest BCUT2D eigenvalue weighted by Gasteiger charge is -2.25. The summed E-state index contributed by atoms with van der Waals surface area (Å²) >= 11 is 6.27. The number of hydrogen-bond acceptors (Lipinski definition) is 8. The Morgan fingerprint density at radius 2 is 2.09 bits per heavy atom. The summed E-state index contributed by atoms with van der Waals surface area (Å²) in [5.41, 5.74) is 2.08. The number of halogens is 1. The topological polar surface area (TPSA) is 110 Å². The van der Waals surface area contributed by atoms with E-state index in [1.54, 1.807) is 24.3 Å². The van der Waals surface area contributed by atoms with E-state index < -0.39 is 17.9 Å². The van der Waals surface area contributed by atoms with Crippen molar-refractivity contribution in [2.45, 2.75) is 59.2 Å². The van der Waals surface area contributed by atoms with Crippen molar-refractivity contribution in [1.29, 1.82) is 0 Å². The van der Waals surface area contributed by atoms with Crippen molar-refractivity contribution >= 4 is 23.5 Å². The fraction of sp³-hybridized carbons (Fsp3) is 0.435. The molecule has 34 heavy (non-hydrogen) atoms. The third-order valence-corrected chi connectivity index (χ3v) is 5.61. The fourth-order valence-electron chi connectivity index (χ4n) is 3.81. The molecule has 3 aromatic rings. The Balaban J connectivity index is 1.62. The molecule has 4 heterocycles. The maximum Gasteiger partial charge on any atom is 0.410 e. The maximum absolute atomic E-state index is 12.5. The Hall–Kier alpha value is -3.24. The van der Waals surface area contributed by atoms with Crippen LogP contribution in [0.5, 0.6) is 0 Å². The van der Waals surface area contributed by atoms with Crippen molar-refractivity contribution in [3.8, 4) is 11.5 Å². The molecule has 1 N–H and O–H groups in total. The molecule has 0 aliphatic carbocycles. The first-order valence-corrected chi connectivity index (χ1v) is 11.4. The molecule has 1 atom stereocenters. The predicted octanol–water partition coefficient (Wildman–Crippen LogP) is 3.79. The van der Waals surface area contributed by atoms with Crippen molar-refractivity contribution in [2.75, 3.05) is 11.9 Å². The van der Waals surface area contributed by atoms with Gasteiger partial charge in [-0.3, -0.25) is 0 Å². The molecule has 0 radical (unpaired) electrons. The molecule has 0 aromatic carbocycles. The second-order valence-electron chi connectivity index (χ2n) is 9.12. The van der Waals surface area contributed by atoms with Crippen LogP contribution in [0.3, 0.4) is 0 Å². The number of aliphatic hydroxyl groups excluding tert-OH is 1. The van der Waals surface area contributed by atoms with E-state index in [0.29, 0.717) is 41.7 Å². The molecular formula is C23H28ClN7O3. The van der Waals surface area contributed by atoms with Crippen LogP contribution in [0, 0.1) is 0 Å². The molecule has 180 valence electrons. The highest BCUT2D eigenvalue weighted by Crippen LogP contribution is 2.38. The van der Waals surface area contributed by atoms with Gasteiger partial charge in [-0.25, -0.2) is 14.8 Å². The first-order chi connectivity index (χ1) is 16.1. The normalized spacial score (nSPS) is 15.4. The number of carbonyl (C=O) groups is 1. The van der Waals surface area contributed by atoms with E-state index in [0.717, 1.165) is 5.56 Å². The van der Waals surface area contributed by atoms with Crippen LogP contribution in [0.1, 0.15) is 50.7 Å². The van der Waals surface area contributed by atoms with E-state index in [-0.39, 0.29) is 11.7 Å². The van der Waals surface area contributed by atoms with Gasteiger partial charge < -0.3 is 24.2 Å². The van der Waals surface area contributed by atoms with Crippen LogP contribution in [0.2, 0.25) is 5.15 Å². The average Bonchev–Trinajstić information content (AvgIpc) is 3.37. The minimum absolute atomic E-state index is 0.186. The number of carbonyl (C=O) groups excluding carboxylic acids is 1. The molecule has 1 aliphatic heterocycles. The zero-order chi connectivity index (χ0) is 24.6. The first-order valence-electron chi connectivity index (χ1n) is 11.0. The SMILES string of the molecule is CCn1cnnc1-c1cccc(N2Cc3c(cc(Cl)nc3CN(C)C(=O)OC(C)(C)C)C2O)n1. The van der Waals surface area contributed by atoms with Gasteiger partial charge in [-0.2, -0.15) is 0 Å². The summed E-state index contributed by atoms with van der Waals surface area (Å²) < 4.78 is 7.34. The molecule has 1 amide bonds. The van der Waals surface area contributed by atoms with Crippen LogP contribution in [-0.2, 0) is 24.4 Å². The summed E-state index contributed by atoms with van der Waals surface area (Å²) in [5.74, 6) is 1.23. The summed E-state index contributed by atoms with van der Waals surface area (Å²) in [7, 11) is 1.64. The van der Waals surface area contributed by atoms with Crippen LogP contribution >= 0.6 is 11.6 Å². The summed E-state index contributed by atoms with van der Waals surface area (Å²) in [6.45, 7) is 8.70. The van der Waals surface area contributed by atoms with Crippen molar-refractivity contribution in [1.82, 2.24) is 29.6 Å². The van der Waals surface area contributed by atoms with E-state index in [9.17, 15) is 9.90 Å². The lowest BCUT2D eigenvalue weighted by molar-refractivity contribution is 0.0283. The maximum atomic E-state index is 12.5. The first kappa shape index (κ1) is 23.9. The molecule has 3 aromatic heterocycles. The molecule has 4 rings (SSSR count). The highest BCUT2D eigenvalue weighted by molar-refractivity contribution is 6.29. The van der Waals surface area contributed by atoms with Gasteiger partial charge in [-0.05, 0) is 45.9 Å². The van der Waals surface area contributed by atoms with E-state index in [1.807, 2.05) is 50.5 Å². The molecule has 0 saturated heterocycles. The zero-order valence-corrected chi connectivity index (χ0v) is 20.6. The Morgan fingerprint density at radius 1 is 1.32 bits per heavy atom. The van der Waals surface area contributed by atoms with E-state index in [1.165, 1.54) is 4.90 Å². The molecule has 0 saturated carbocycles. The summed E-state index contributed by atoms with van der Waals surface area (Å²) in [6.07, 6.45) is 0.228. The predicted molar refractivity (Wildman–Crippen MR) is 127 cm³/mol. The van der Waals surface area contributed by atoms with Crippen molar-refractivity contribution in [3.05, 3.63) is 52.6 Å². The number of pyridine rings is 2. The Bertz CT molecular complexity index is 1210. The van der Waals surface area contributed by atoms with Gasteiger partial charge in [0.05, 0.1) is 12.2 Å². The highest BCUT2D eigenvalue weighted by atomic mass is 35.5. The van der Waals surface area contributed by atoms with Gasteiger partial charge in [-0.15, -0.1) is 10.2 Å². The van der Waals surface area contributed by atoms with Gasteiger partial charge >= 0.3 is 6.09 Å². The number of hydrogen-bond donors (Lipinski definition) is 1. The highest BCUT2D eigenvalue weighted by Gasteiger charge is 2.33. The molecular weight excluding hydrogens is 458 g/mol. The van der Waals surface area contributed by atoms with Crippen LogP contribution in [0.15, 0.2) is 30.6 Å². The molecule has 10 nitrogen and oxygen atoms in total. The molecule has 1 aliphatic rings.